The lowest BCUT2D eigenvalue weighted by Gasteiger charge is -2.14. The van der Waals surface area contributed by atoms with E-state index in [1.54, 1.807) is 6.07 Å². The van der Waals surface area contributed by atoms with E-state index in [-0.39, 0.29) is 18.8 Å². The number of nitrogens with zero attached hydrogens (tertiary/aromatic N) is 4. The Bertz CT molecular complexity index is 2300. The van der Waals surface area contributed by atoms with Gasteiger partial charge in [-0.15, -0.1) is 11.3 Å². The fourth-order valence-electron chi connectivity index (χ4n) is 5.09. The molecule has 14 heteroatoms. The number of rotatable bonds is 11. The zero-order valence-corrected chi connectivity index (χ0v) is 25.6. The predicted octanol–water partition coefficient (Wildman–Crippen LogP) is 4.49. The van der Waals surface area contributed by atoms with E-state index in [9.17, 15) is 23.6 Å². The molecule has 0 fully saturated rings. The summed E-state index contributed by atoms with van der Waals surface area (Å²) in [4.78, 5) is 59.3. The van der Waals surface area contributed by atoms with Gasteiger partial charge in [0.15, 0.2) is 5.82 Å². The number of hydrogen-bond acceptors (Lipinski definition) is 9. The van der Waals surface area contributed by atoms with Crippen LogP contribution in [0.15, 0.2) is 103 Å². The van der Waals surface area contributed by atoms with Crippen LogP contribution in [0.4, 0.5) is 4.39 Å². The molecule has 0 spiro atoms. The Morgan fingerprint density at radius 3 is 2.40 bits per heavy atom. The molecule has 238 valence electrons. The van der Waals surface area contributed by atoms with E-state index < -0.39 is 35.4 Å². The number of fused-ring (bicyclic) bond motifs is 1. The number of oxime groups is 1. The second-order valence-electron chi connectivity index (χ2n) is 10.4. The average Bonchev–Trinajstić information content (AvgIpc) is 3.71. The van der Waals surface area contributed by atoms with Gasteiger partial charge in [-0.05, 0) is 41.3 Å². The second kappa shape index (κ2) is 13.2. The van der Waals surface area contributed by atoms with Crippen molar-refractivity contribution in [2.24, 2.45) is 5.16 Å². The van der Waals surface area contributed by atoms with Crippen LogP contribution in [-0.2, 0) is 29.1 Å². The zero-order valence-electron chi connectivity index (χ0n) is 24.8. The van der Waals surface area contributed by atoms with Gasteiger partial charge >= 0.3 is 17.4 Å². The monoisotopic (exact) mass is 655 g/mol. The van der Waals surface area contributed by atoms with Crippen LogP contribution >= 0.6 is 11.3 Å². The number of halogens is 1. The Kier molecular flexibility index (Phi) is 8.75. The minimum atomic E-state index is -1.26. The summed E-state index contributed by atoms with van der Waals surface area (Å²) in [5.74, 6) is -2.13. The molecule has 0 atom stereocenters. The highest BCUT2D eigenvalue weighted by molar-refractivity contribution is 7.18. The summed E-state index contributed by atoms with van der Waals surface area (Å²) in [7, 11) is 0. The van der Waals surface area contributed by atoms with Crippen molar-refractivity contribution in [2.45, 2.75) is 26.4 Å². The van der Waals surface area contributed by atoms with E-state index in [0.717, 1.165) is 26.1 Å². The third-order valence-corrected chi connectivity index (χ3v) is 8.67. The Balaban J connectivity index is 1.39. The lowest BCUT2D eigenvalue weighted by molar-refractivity contribution is -0.142. The van der Waals surface area contributed by atoms with E-state index in [2.05, 4.69) is 19.8 Å². The molecular formula is C33H26FN5O7S. The Morgan fingerprint density at radius 1 is 1.02 bits per heavy atom. The lowest BCUT2D eigenvalue weighted by atomic mass is 9.98. The molecule has 6 aromatic rings. The minimum absolute atomic E-state index is 0.0683. The van der Waals surface area contributed by atoms with Crippen molar-refractivity contribution in [3.63, 3.8) is 0 Å². The standard InChI is InChI=1S/C33H26FN5O7S/c1-2-23-15-26-30(42)38(17-27(36-45-18-28(40)41)21-11-13-22(34)14-12-21)33(44)39(31(26)47-23)16-19-7-9-20(10-8-19)24-5-3-4-6-25(24)29-35-32(43)46-37-29/h3-15H,2,16-18H2,1H3,(H,40,41)(H,35,37,43). The molecule has 3 aromatic carbocycles. The molecule has 12 nitrogen and oxygen atoms in total. The lowest BCUT2D eigenvalue weighted by Crippen LogP contribution is -2.41. The number of H-pyrrole nitrogens is 1. The number of hydrogen-bond donors (Lipinski definition) is 2. The molecule has 0 bridgehead atoms. The number of nitrogens with one attached hydrogen (secondary N) is 1. The van der Waals surface area contributed by atoms with E-state index in [1.165, 1.54) is 40.2 Å². The fraction of sp³-hybridized carbons (Fsp3) is 0.152. The first kappa shape index (κ1) is 31.1. The van der Waals surface area contributed by atoms with E-state index >= 15 is 0 Å². The number of aryl methyl sites for hydroxylation is 1. The van der Waals surface area contributed by atoms with Crippen molar-refractivity contribution in [1.29, 1.82) is 0 Å². The highest BCUT2D eigenvalue weighted by atomic mass is 32.1. The van der Waals surface area contributed by atoms with Crippen LogP contribution in [0.3, 0.4) is 0 Å². The first-order valence-corrected chi connectivity index (χ1v) is 15.2. The fourth-order valence-corrected chi connectivity index (χ4v) is 6.17. The molecule has 0 aliphatic carbocycles. The van der Waals surface area contributed by atoms with Crippen molar-refractivity contribution >= 4 is 33.2 Å². The van der Waals surface area contributed by atoms with Crippen molar-refractivity contribution in [3.05, 3.63) is 132 Å². The molecule has 0 amide bonds. The summed E-state index contributed by atoms with van der Waals surface area (Å²) >= 11 is 1.36. The average molecular weight is 656 g/mol. The molecule has 3 aromatic heterocycles. The van der Waals surface area contributed by atoms with Crippen molar-refractivity contribution in [3.8, 4) is 22.5 Å². The van der Waals surface area contributed by atoms with Crippen LogP contribution in [0.2, 0.25) is 0 Å². The van der Waals surface area contributed by atoms with Gasteiger partial charge in [-0.2, -0.15) is 0 Å². The maximum absolute atomic E-state index is 14.0. The predicted molar refractivity (Wildman–Crippen MR) is 173 cm³/mol. The van der Waals surface area contributed by atoms with Crippen LogP contribution in [0, 0.1) is 5.82 Å². The highest BCUT2D eigenvalue weighted by Gasteiger charge is 2.19. The van der Waals surface area contributed by atoms with Crippen molar-refractivity contribution in [1.82, 2.24) is 19.3 Å². The summed E-state index contributed by atoms with van der Waals surface area (Å²) in [6.07, 6.45) is 0.656. The normalized spacial score (nSPS) is 11.7. The van der Waals surface area contributed by atoms with Gasteiger partial charge < -0.3 is 9.94 Å². The number of benzene rings is 3. The zero-order chi connectivity index (χ0) is 33.1. The van der Waals surface area contributed by atoms with Gasteiger partial charge in [0.05, 0.1) is 18.5 Å². The molecule has 3 heterocycles. The van der Waals surface area contributed by atoms with Gasteiger partial charge in [0.25, 0.3) is 5.56 Å². The van der Waals surface area contributed by atoms with Crippen molar-refractivity contribution < 1.29 is 23.7 Å². The van der Waals surface area contributed by atoms with E-state index in [0.29, 0.717) is 33.6 Å². The number of carboxylic acid groups (broad SMARTS) is 1. The van der Waals surface area contributed by atoms with Gasteiger partial charge in [-0.3, -0.25) is 23.4 Å². The van der Waals surface area contributed by atoms with Crippen LogP contribution < -0.4 is 17.0 Å². The van der Waals surface area contributed by atoms with E-state index in [1.807, 2.05) is 55.5 Å². The Labute approximate surface area is 268 Å². The molecule has 0 aliphatic rings. The Morgan fingerprint density at radius 2 is 1.74 bits per heavy atom. The quantitative estimate of drug-likeness (QED) is 0.152. The summed E-state index contributed by atoms with van der Waals surface area (Å²) < 4.78 is 20.9. The number of carbonyl (C=O) groups is 1. The van der Waals surface area contributed by atoms with E-state index in [4.69, 9.17) is 9.94 Å². The molecule has 2 N–H and O–H groups in total. The number of aliphatic carboxylic acids is 1. The SMILES string of the molecule is CCc1cc2c(=O)n(CC(=NOCC(=O)O)c3ccc(F)cc3)c(=O)n(Cc3ccc(-c4ccccc4-c4noc(=O)[nH]4)cc3)c2s1. The molecular weight excluding hydrogens is 629 g/mol. The van der Waals surface area contributed by atoms with Gasteiger partial charge in [-0.25, -0.2) is 18.8 Å². The number of aromatic amines is 1. The minimum Gasteiger partial charge on any atom is -0.479 e. The number of thiophene rings is 1. The van der Waals surface area contributed by atoms with Crippen LogP contribution in [0.5, 0.6) is 0 Å². The molecule has 47 heavy (non-hydrogen) atoms. The van der Waals surface area contributed by atoms with Gasteiger partial charge in [-0.1, -0.05) is 77.9 Å². The third kappa shape index (κ3) is 6.58. The second-order valence-corrected chi connectivity index (χ2v) is 11.6. The maximum Gasteiger partial charge on any atom is 0.439 e. The topological polar surface area (TPSA) is 162 Å². The molecule has 6 rings (SSSR count). The number of carboxylic acids is 1. The van der Waals surface area contributed by atoms with Crippen molar-refractivity contribution in [2.75, 3.05) is 6.61 Å². The largest absolute Gasteiger partial charge is 0.479 e. The molecule has 0 radical (unpaired) electrons. The number of aromatic nitrogens is 4. The van der Waals surface area contributed by atoms with Crippen LogP contribution in [-0.4, -0.2) is 42.7 Å². The molecule has 0 saturated carbocycles. The van der Waals surface area contributed by atoms with Gasteiger partial charge in [0.2, 0.25) is 6.61 Å². The highest BCUT2D eigenvalue weighted by Crippen LogP contribution is 2.30. The third-order valence-electron chi connectivity index (χ3n) is 7.37. The molecule has 0 saturated heterocycles. The van der Waals surface area contributed by atoms with Crippen LogP contribution in [0.1, 0.15) is 22.9 Å². The van der Waals surface area contributed by atoms with Gasteiger partial charge in [0.1, 0.15) is 16.4 Å². The smallest absolute Gasteiger partial charge is 0.439 e. The molecule has 0 aliphatic heterocycles. The molecule has 0 unspecified atom stereocenters. The summed E-state index contributed by atoms with van der Waals surface area (Å²) in [5.41, 5.74) is 2.36. The summed E-state index contributed by atoms with van der Waals surface area (Å²) in [6.45, 7) is 0.993. The summed E-state index contributed by atoms with van der Waals surface area (Å²) in [5, 5.41) is 17.1. The Hall–Kier alpha value is -5.89. The summed E-state index contributed by atoms with van der Waals surface area (Å²) in [6, 6.07) is 21.8. The van der Waals surface area contributed by atoms with Gasteiger partial charge in [0, 0.05) is 16.0 Å². The first-order valence-electron chi connectivity index (χ1n) is 14.4. The van der Waals surface area contributed by atoms with Crippen LogP contribution in [0.25, 0.3) is 32.7 Å². The first-order chi connectivity index (χ1) is 22.7. The maximum atomic E-state index is 14.0.